The molecule has 0 radical (unpaired) electrons. The number of methoxy groups -OCH3 is 1. The second-order valence-electron chi connectivity index (χ2n) is 4.68. The molecule has 0 aromatic carbocycles. The first kappa shape index (κ1) is 14.2. The van der Waals surface area contributed by atoms with Crippen LogP contribution in [0.5, 0.6) is 0 Å². The van der Waals surface area contributed by atoms with Gasteiger partial charge in [0.25, 0.3) is 0 Å². The maximum Gasteiger partial charge on any atom is 0.360 e. The minimum absolute atomic E-state index is 0.299. The first-order valence-corrected chi connectivity index (χ1v) is 6.57. The lowest BCUT2D eigenvalue weighted by Crippen LogP contribution is -2.12. The summed E-state index contributed by atoms with van der Waals surface area (Å²) in [5.74, 6) is -0.444. The number of rotatable bonds is 5. The highest BCUT2D eigenvalue weighted by molar-refractivity contribution is 5.88. The summed E-state index contributed by atoms with van der Waals surface area (Å²) in [5, 5.41) is 12.3. The summed E-state index contributed by atoms with van der Waals surface area (Å²) >= 11 is 0. The number of nitrogens with zero attached hydrogens (tertiary/aromatic N) is 5. The molecule has 2 rings (SSSR count). The summed E-state index contributed by atoms with van der Waals surface area (Å²) in [5.41, 5.74) is 3.07. The van der Waals surface area contributed by atoms with Gasteiger partial charge in [0.05, 0.1) is 30.7 Å². The molecule has 2 heterocycles. The number of esters is 1. The maximum absolute atomic E-state index is 11.7. The van der Waals surface area contributed by atoms with Gasteiger partial charge in [-0.1, -0.05) is 18.6 Å². The lowest BCUT2D eigenvalue weighted by molar-refractivity contribution is 0.0592. The lowest BCUT2D eigenvalue weighted by atomic mass is 10.2. The third kappa shape index (κ3) is 2.71. The Labute approximate surface area is 117 Å². The molecule has 0 N–H and O–H groups in total. The van der Waals surface area contributed by atoms with Crippen LogP contribution >= 0.6 is 0 Å². The zero-order valence-corrected chi connectivity index (χ0v) is 12.3. The van der Waals surface area contributed by atoms with Gasteiger partial charge in [0.2, 0.25) is 0 Å². The van der Waals surface area contributed by atoms with Gasteiger partial charge in [-0.2, -0.15) is 5.10 Å². The average Bonchev–Trinajstić information content (AvgIpc) is 2.94. The summed E-state index contributed by atoms with van der Waals surface area (Å²) in [6.45, 7) is 4.53. The molecule has 0 saturated heterocycles. The standard InChI is InChI=1S/C13H19N5O2/c1-5-6-11-12(13(19)20-4)14-16-18(11)8-10-7-9(2)15-17(10)3/h7H,5-6,8H2,1-4H3. The molecule has 108 valence electrons. The maximum atomic E-state index is 11.7. The van der Waals surface area contributed by atoms with Crippen molar-refractivity contribution in [2.75, 3.05) is 7.11 Å². The Hall–Kier alpha value is -2.18. The Morgan fingerprint density at radius 3 is 2.75 bits per heavy atom. The zero-order chi connectivity index (χ0) is 14.7. The fourth-order valence-corrected chi connectivity index (χ4v) is 2.16. The van der Waals surface area contributed by atoms with Crippen LogP contribution in [0, 0.1) is 6.92 Å². The van der Waals surface area contributed by atoms with Crippen molar-refractivity contribution in [3.8, 4) is 0 Å². The molecule has 0 aliphatic rings. The van der Waals surface area contributed by atoms with Gasteiger partial charge in [-0.25, -0.2) is 9.48 Å². The fraction of sp³-hybridized carbons (Fsp3) is 0.538. The summed E-state index contributed by atoms with van der Waals surface area (Å²) in [6, 6.07) is 2.00. The van der Waals surface area contributed by atoms with Crippen molar-refractivity contribution in [3.05, 3.63) is 28.8 Å². The van der Waals surface area contributed by atoms with E-state index in [0.717, 1.165) is 29.9 Å². The first-order valence-electron chi connectivity index (χ1n) is 6.57. The molecule has 0 saturated carbocycles. The molecular weight excluding hydrogens is 258 g/mol. The van der Waals surface area contributed by atoms with E-state index in [2.05, 4.69) is 15.4 Å². The van der Waals surface area contributed by atoms with E-state index < -0.39 is 5.97 Å². The topological polar surface area (TPSA) is 74.8 Å². The van der Waals surface area contributed by atoms with Gasteiger partial charge in [0.15, 0.2) is 5.69 Å². The highest BCUT2D eigenvalue weighted by Gasteiger charge is 2.20. The Morgan fingerprint density at radius 2 is 2.20 bits per heavy atom. The number of aromatic nitrogens is 5. The van der Waals surface area contributed by atoms with Gasteiger partial charge < -0.3 is 4.74 Å². The van der Waals surface area contributed by atoms with Crippen molar-refractivity contribution in [1.29, 1.82) is 0 Å². The number of carbonyl (C=O) groups excluding carboxylic acids is 1. The van der Waals surface area contributed by atoms with Gasteiger partial charge >= 0.3 is 5.97 Å². The van der Waals surface area contributed by atoms with Crippen LogP contribution in [0.25, 0.3) is 0 Å². The number of hydrogen-bond donors (Lipinski definition) is 0. The molecule has 0 aliphatic carbocycles. The smallest absolute Gasteiger partial charge is 0.360 e. The quantitative estimate of drug-likeness (QED) is 0.765. The van der Waals surface area contributed by atoms with Gasteiger partial charge in [-0.3, -0.25) is 4.68 Å². The molecule has 20 heavy (non-hydrogen) atoms. The van der Waals surface area contributed by atoms with E-state index >= 15 is 0 Å². The van der Waals surface area contributed by atoms with E-state index in [0.29, 0.717) is 12.2 Å². The molecule has 0 atom stereocenters. The predicted molar refractivity (Wildman–Crippen MR) is 72.4 cm³/mol. The van der Waals surface area contributed by atoms with Crippen LogP contribution in [0.3, 0.4) is 0 Å². The van der Waals surface area contributed by atoms with Crippen LogP contribution in [0.15, 0.2) is 6.07 Å². The summed E-state index contributed by atoms with van der Waals surface area (Å²) < 4.78 is 8.29. The molecule has 0 spiro atoms. The average molecular weight is 277 g/mol. The van der Waals surface area contributed by atoms with Crippen molar-refractivity contribution in [1.82, 2.24) is 24.8 Å². The van der Waals surface area contributed by atoms with Gasteiger partial charge in [0, 0.05) is 7.05 Å². The van der Waals surface area contributed by atoms with Crippen molar-refractivity contribution in [3.63, 3.8) is 0 Å². The van der Waals surface area contributed by atoms with Gasteiger partial charge in [-0.15, -0.1) is 5.10 Å². The number of aryl methyl sites for hydroxylation is 2. The largest absolute Gasteiger partial charge is 0.464 e. The molecule has 0 aliphatic heterocycles. The zero-order valence-electron chi connectivity index (χ0n) is 12.3. The minimum Gasteiger partial charge on any atom is -0.464 e. The minimum atomic E-state index is -0.444. The fourth-order valence-electron chi connectivity index (χ4n) is 2.16. The highest BCUT2D eigenvalue weighted by Crippen LogP contribution is 2.12. The second kappa shape index (κ2) is 5.85. The predicted octanol–water partition coefficient (Wildman–Crippen LogP) is 1.11. The monoisotopic (exact) mass is 277 g/mol. The van der Waals surface area contributed by atoms with Gasteiger partial charge in [-0.05, 0) is 19.4 Å². The third-order valence-corrected chi connectivity index (χ3v) is 3.11. The molecule has 0 fully saturated rings. The van der Waals surface area contributed by atoms with Crippen LogP contribution in [-0.4, -0.2) is 37.9 Å². The highest BCUT2D eigenvalue weighted by atomic mass is 16.5. The first-order chi connectivity index (χ1) is 9.56. The van der Waals surface area contributed by atoms with Crippen LogP contribution < -0.4 is 0 Å². The third-order valence-electron chi connectivity index (χ3n) is 3.11. The lowest BCUT2D eigenvalue weighted by Gasteiger charge is -2.06. The van der Waals surface area contributed by atoms with E-state index in [-0.39, 0.29) is 0 Å². The number of ether oxygens (including phenoxy) is 1. The van der Waals surface area contributed by atoms with Gasteiger partial charge in [0.1, 0.15) is 0 Å². The Bertz CT molecular complexity index is 614. The Kier molecular flexibility index (Phi) is 4.16. The molecular formula is C13H19N5O2. The van der Waals surface area contributed by atoms with E-state index in [4.69, 9.17) is 4.74 Å². The molecule has 0 unspecified atom stereocenters. The molecule has 2 aromatic heterocycles. The molecule has 0 amide bonds. The number of hydrogen-bond acceptors (Lipinski definition) is 5. The van der Waals surface area contributed by atoms with E-state index in [1.807, 2.05) is 31.6 Å². The summed E-state index contributed by atoms with van der Waals surface area (Å²) in [6.07, 6.45) is 1.63. The summed E-state index contributed by atoms with van der Waals surface area (Å²) in [4.78, 5) is 11.7. The van der Waals surface area contributed by atoms with Crippen LogP contribution in [0.2, 0.25) is 0 Å². The summed E-state index contributed by atoms with van der Waals surface area (Å²) in [7, 11) is 3.24. The molecule has 7 nitrogen and oxygen atoms in total. The van der Waals surface area contributed by atoms with Crippen molar-refractivity contribution in [2.45, 2.75) is 33.2 Å². The van der Waals surface area contributed by atoms with E-state index in [9.17, 15) is 4.79 Å². The molecule has 2 aromatic rings. The SMILES string of the molecule is CCCc1c(C(=O)OC)nnn1Cc1cc(C)nn1C. The Balaban J connectivity index is 2.34. The van der Waals surface area contributed by atoms with Crippen LogP contribution in [-0.2, 0) is 24.8 Å². The van der Waals surface area contributed by atoms with Crippen LogP contribution in [0.1, 0.15) is 40.9 Å². The molecule has 7 heteroatoms. The van der Waals surface area contributed by atoms with Crippen molar-refractivity contribution < 1.29 is 9.53 Å². The van der Waals surface area contributed by atoms with Crippen LogP contribution in [0.4, 0.5) is 0 Å². The van der Waals surface area contributed by atoms with E-state index in [1.165, 1.54) is 7.11 Å². The Morgan fingerprint density at radius 1 is 1.45 bits per heavy atom. The normalized spacial score (nSPS) is 10.8. The van der Waals surface area contributed by atoms with Crippen molar-refractivity contribution >= 4 is 5.97 Å². The second-order valence-corrected chi connectivity index (χ2v) is 4.68. The molecule has 0 bridgehead atoms. The van der Waals surface area contributed by atoms with Crippen molar-refractivity contribution in [2.24, 2.45) is 7.05 Å². The number of carbonyl (C=O) groups is 1. The van der Waals surface area contributed by atoms with E-state index in [1.54, 1.807) is 4.68 Å².